The predicted molar refractivity (Wildman–Crippen MR) is 77.3 cm³/mol. The van der Waals surface area contributed by atoms with Crippen LogP contribution < -0.4 is 5.73 Å². The van der Waals surface area contributed by atoms with Crippen LogP contribution in [0.4, 0.5) is 5.69 Å². The van der Waals surface area contributed by atoms with Gasteiger partial charge >= 0.3 is 0 Å². The van der Waals surface area contributed by atoms with E-state index in [9.17, 15) is 4.79 Å². The highest BCUT2D eigenvalue weighted by atomic mass is 35.5. The highest BCUT2D eigenvalue weighted by Gasteiger charge is 2.37. The Bertz CT molecular complexity index is 483. The van der Waals surface area contributed by atoms with E-state index in [1.807, 2.05) is 4.90 Å². The third-order valence-electron chi connectivity index (χ3n) is 4.42. The molecule has 0 aromatic heterocycles. The van der Waals surface area contributed by atoms with Crippen molar-refractivity contribution in [2.75, 3.05) is 12.3 Å². The Hall–Kier alpha value is -1.22. The zero-order valence-electron chi connectivity index (χ0n) is 10.9. The summed E-state index contributed by atoms with van der Waals surface area (Å²) in [5.41, 5.74) is 6.95. The molecule has 3 nitrogen and oxygen atoms in total. The van der Waals surface area contributed by atoms with E-state index in [1.165, 1.54) is 19.3 Å². The smallest absolute Gasteiger partial charge is 0.254 e. The largest absolute Gasteiger partial charge is 0.399 e. The molecule has 102 valence electrons. The molecule has 2 atom stereocenters. The number of benzene rings is 1. The highest BCUT2D eigenvalue weighted by molar-refractivity contribution is 6.31. The molecular formula is C15H19ClN2O. The van der Waals surface area contributed by atoms with Crippen molar-refractivity contribution in [3.05, 3.63) is 28.8 Å². The topological polar surface area (TPSA) is 46.3 Å². The summed E-state index contributed by atoms with van der Waals surface area (Å²) < 4.78 is 0. The second kappa shape index (κ2) is 5.04. The monoisotopic (exact) mass is 278 g/mol. The molecule has 1 saturated carbocycles. The third-order valence-corrected chi connectivity index (χ3v) is 4.64. The number of carbonyl (C=O) groups excluding carboxylic acids is 1. The van der Waals surface area contributed by atoms with E-state index in [-0.39, 0.29) is 5.91 Å². The molecule has 2 fully saturated rings. The summed E-state index contributed by atoms with van der Waals surface area (Å²) >= 11 is 5.99. The van der Waals surface area contributed by atoms with Gasteiger partial charge in [0.2, 0.25) is 0 Å². The van der Waals surface area contributed by atoms with E-state index in [0.717, 1.165) is 19.4 Å². The van der Waals surface area contributed by atoms with Crippen molar-refractivity contribution >= 4 is 23.2 Å². The lowest BCUT2D eigenvalue weighted by atomic mass is 9.91. The first kappa shape index (κ1) is 12.8. The van der Waals surface area contributed by atoms with Crippen LogP contribution in [0.5, 0.6) is 0 Å². The Kier molecular flexibility index (Phi) is 3.40. The second-order valence-electron chi connectivity index (χ2n) is 5.67. The molecule has 1 aromatic rings. The van der Waals surface area contributed by atoms with Crippen molar-refractivity contribution in [1.82, 2.24) is 4.90 Å². The van der Waals surface area contributed by atoms with Crippen LogP contribution in [-0.2, 0) is 0 Å². The Labute approximate surface area is 118 Å². The molecule has 4 heteroatoms. The maximum atomic E-state index is 12.7. The molecule has 3 rings (SSSR count). The van der Waals surface area contributed by atoms with E-state index in [4.69, 9.17) is 17.3 Å². The van der Waals surface area contributed by atoms with Gasteiger partial charge in [0, 0.05) is 28.9 Å². The van der Waals surface area contributed by atoms with E-state index in [0.29, 0.717) is 28.2 Å². The molecule has 1 aromatic carbocycles. The summed E-state index contributed by atoms with van der Waals surface area (Å²) in [6.45, 7) is 0.867. The number of hydrogen-bond donors (Lipinski definition) is 1. The number of amides is 1. The minimum Gasteiger partial charge on any atom is -0.399 e. The average molecular weight is 279 g/mol. The highest BCUT2D eigenvalue weighted by Crippen LogP contribution is 2.37. The van der Waals surface area contributed by atoms with Gasteiger partial charge in [0.25, 0.3) is 5.91 Å². The molecule has 1 aliphatic carbocycles. The number of anilines is 1. The van der Waals surface area contributed by atoms with Gasteiger partial charge in [0.05, 0.1) is 0 Å². The number of nitrogens with two attached hydrogens (primary N) is 1. The minimum atomic E-state index is 0.0887. The lowest BCUT2D eigenvalue weighted by Gasteiger charge is -2.38. The summed E-state index contributed by atoms with van der Waals surface area (Å²) in [6.07, 6.45) is 6.05. The van der Waals surface area contributed by atoms with Gasteiger partial charge in [0.1, 0.15) is 0 Å². The first-order valence-electron chi connectivity index (χ1n) is 7.02. The normalized spacial score (nSPS) is 26.3. The molecule has 0 spiro atoms. The van der Waals surface area contributed by atoms with Crippen molar-refractivity contribution < 1.29 is 4.79 Å². The molecule has 0 radical (unpaired) electrons. The second-order valence-corrected chi connectivity index (χ2v) is 6.11. The molecule has 2 unspecified atom stereocenters. The Morgan fingerprint density at radius 1 is 1.21 bits per heavy atom. The zero-order chi connectivity index (χ0) is 13.4. The molecule has 2 aliphatic rings. The summed E-state index contributed by atoms with van der Waals surface area (Å²) in [7, 11) is 0. The van der Waals surface area contributed by atoms with Crippen molar-refractivity contribution in [2.45, 2.75) is 38.1 Å². The van der Waals surface area contributed by atoms with Gasteiger partial charge in [-0.1, -0.05) is 18.0 Å². The van der Waals surface area contributed by atoms with Crippen LogP contribution in [0.15, 0.2) is 18.2 Å². The number of nitrogens with zero attached hydrogens (tertiary/aromatic N) is 1. The van der Waals surface area contributed by atoms with Crippen LogP contribution in [-0.4, -0.2) is 23.4 Å². The number of fused-ring (bicyclic) bond motifs is 1. The predicted octanol–water partition coefficient (Wildman–Crippen LogP) is 3.33. The maximum Gasteiger partial charge on any atom is 0.254 e. The number of halogens is 1. The molecule has 19 heavy (non-hydrogen) atoms. The molecular weight excluding hydrogens is 260 g/mol. The number of carbonyl (C=O) groups is 1. The van der Waals surface area contributed by atoms with Crippen LogP contribution in [0.2, 0.25) is 5.02 Å². The van der Waals surface area contributed by atoms with Crippen LogP contribution in [0, 0.1) is 5.92 Å². The molecule has 2 N–H and O–H groups in total. The van der Waals surface area contributed by atoms with Gasteiger partial charge in [-0.3, -0.25) is 4.79 Å². The fourth-order valence-electron chi connectivity index (χ4n) is 3.61. The minimum absolute atomic E-state index is 0.0887. The van der Waals surface area contributed by atoms with Gasteiger partial charge in [-0.05, 0) is 49.8 Å². The Morgan fingerprint density at radius 3 is 2.79 bits per heavy atom. The Balaban J connectivity index is 1.86. The van der Waals surface area contributed by atoms with E-state index < -0.39 is 0 Å². The lowest BCUT2D eigenvalue weighted by molar-refractivity contribution is 0.0548. The summed E-state index contributed by atoms with van der Waals surface area (Å²) in [5.74, 6) is 0.792. The first-order chi connectivity index (χ1) is 9.15. The maximum absolute atomic E-state index is 12.7. The average Bonchev–Trinajstić information content (AvgIpc) is 2.84. The third kappa shape index (κ3) is 2.44. The number of rotatable bonds is 1. The van der Waals surface area contributed by atoms with Crippen LogP contribution >= 0.6 is 11.6 Å². The summed E-state index contributed by atoms with van der Waals surface area (Å²) in [4.78, 5) is 14.7. The van der Waals surface area contributed by atoms with E-state index in [2.05, 4.69) is 0 Å². The van der Waals surface area contributed by atoms with Crippen molar-refractivity contribution in [1.29, 1.82) is 0 Å². The van der Waals surface area contributed by atoms with Crippen LogP contribution in [0.25, 0.3) is 0 Å². The lowest BCUT2D eigenvalue weighted by Crippen LogP contribution is -2.46. The van der Waals surface area contributed by atoms with Crippen molar-refractivity contribution in [3.63, 3.8) is 0 Å². The van der Waals surface area contributed by atoms with Crippen molar-refractivity contribution in [3.8, 4) is 0 Å². The molecule has 1 heterocycles. The number of likely N-dealkylation sites (tertiary alicyclic amines) is 1. The first-order valence-corrected chi connectivity index (χ1v) is 7.40. The van der Waals surface area contributed by atoms with Gasteiger partial charge in [-0.2, -0.15) is 0 Å². The van der Waals surface area contributed by atoms with E-state index in [1.54, 1.807) is 18.2 Å². The molecule has 0 bridgehead atoms. The molecule has 1 amide bonds. The SMILES string of the molecule is Nc1cc(Cl)cc(C(=O)N2CCCC3CCCC32)c1. The van der Waals surface area contributed by atoms with E-state index >= 15 is 0 Å². The fourth-order valence-corrected chi connectivity index (χ4v) is 3.85. The summed E-state index contributed by atoms with van der Waals surface area (Å²) in [6, 6.07) is 5.56. The van der Waals surface area contributed by atoms with Crippen LogP contribution in [0.1, 0.15) is 42.5 Å². The Morgan fingerprint density at radius 2 is 2.00 bits per heavy atom. The fraction of sp³-hybridized carbons (Fsp3) is 0.533. The molecule has 1 aliphatic heterocycles. The number of piperidine rings is 1. The van der Waals surface area contributed by atoms with Crippen molar-refractivity contribution in [2.24, 2.45) is 5.92 Å². The van der Waals surface area contributed by atoms with Crippen LogP contribution in [0.3, 0.4) is 0 Å². The number of hydrogen-bond acceptors (Lipinski definition) is 2. The van der Waals surface area contributed by atoms with Gasteiger partial charge < -0.3 is 10.6 Å². The standard InChI is InChI=1S/C15H19ClN2O/c16-12-7-11(8-13(17)9-12)15(19)18-6-2-4-10-3-1-5-14(10)18/h7-10,14H,1-6,17H2. The van der Waals surface area contributed by atoms with Gasteiger partial charge in [-0.15, -0.1) is 0 Å². The quantitative estimate of drug-likeness (QED) is 0.801. The zero-order valence-corrected chi connectivity index (χ0v) is 11.7. The molecule has 1 saturated heterocycles. The number of nitrogen functional groups attached to an aromatic ring is 1. The summed E-state index contributed by atoms with van der Waals surface area (Å²) in [5, 5.41) is 0.531. The van der Waals surface area contributed by atoms with Gasteiger partial charge in [-0.25, -0.2) is 0 Å². The van der Waals surface area contributed by atoms with Gasteiger partial charge in [0.15, 0.2) is 0 Å².